The van der Waals surface area contributed by atoms with Gasteiger partial charge < -0.3 is 15.4 Å². The molecule has 0 spiro atoms. The molecule has 0 fully saturated rings. The highest BCUT2D eigenvalue weighted by molar-refractivity contribution is 8.01. The number of hydrogen-bond donors (Lipinski definition) is 2. The Morgan fingerprint density at radius 3 is 2.75 bits per heavy atom. The van der Waals surface area contributed by atoms with Gasteiger partial charge in [-0.25, -0.2) is 0 Å². The second-order valence-corrected chi connectivity index (χ2v) is 8.33. The van der Waals surface area contributed by atoms with Crippen LogP contribution in [0.25, 0.3) is 0 Å². The van der Waals surface area contributed by atoms with Crippen molar-refractivity contribution in [3.05, 3.63) is 29.8 Å². The molecule has 130 valence electrons. The molecule has 0 aliphatic carbocycles. The molecule has 0 radical (unpaired) electrons. The topological polar surface area (TPSA) is 76.1 Å². The van der Waals surface area contributed by atoms with E-state index in [1.807, 2.05) is 24.3 Å². The van der Waals surface area contributed by atoms with Crippen LogP contribution in [0, 0.1) is 0 Å². The third kappa shape index (κ3) is 6.01. The zero-order valence-electron chi connectivity index (χ0n) is 14.3. The molecule has 2 aromatic rings. The summed E-state index contributed by atoms with van der Waals surface area (Å²) in [4.78, 5) is 12.0. The maximum atomic E-state index is 12.0. The summed E-state index contributed by atoms with van der Waals surface area (Å²) in [6, 6.07) is 7.63. The van der Waals surface area contributed by atoms with Gasteiger partial charge in [-0.1, -0.05) is 41.3 Å². The van der Waals surface area contributed by atoms with E-state index in [2.05, 4.69) is 41.6 Å². The third-order valence-electron chi connectivity index (χ3n) is 2.88. The summed E-state index contributed by atoms with van der Waals surface area (Å²) in [6.07, 6.45) is 0. The molecule has 24 heavy (non-hydrogen) atoms. The normalized spacial score (nSPS) is 11.2. The Morgan fingerprint density at radius 2 is 2.04 bits per heavy atom. The van der Waals surface area contributed by atoms with Gasteiger partial charge in [0, 0.05) is 17.6 Å². The maximum Gasteiger partial charge on any atom is 0.230 e. The van der Waals surface area contributed by atoms with Gasteiger partial charge in [0.1, 0.15) is 5.75 Å². The van der Waals surface area contributed by atoms with E-state index in [4.69, 9.17) is 4.74 Å². The van der Waals surface area contributed by atoms with Crippen molar-refractivity contribution in [2.75, 3.05) is 18.2 Å². The fraction of sp³-hybridized carbons (Fsp3) is 0.438. The first kappa shape index (κ1) is 18.5. The molecule has 0 aliphatic heterocycles. The van der Waals surface area contributed by atoms with E-state index in [9.17, 15) is 4.79 Å². The number of carbonyl (C=O) groups excluding carboxylic acids is 1. The molecule has 0 atom stereocenters. The van der Waals surface area contributed by atoms with Crippen LogP contribution in [-0.2, 0) is 11.3 Å². The second-order valence-electron chi connectivity index (χ2n) is 6.13. The fourth-order valence-corrected chi connectivity index (χ4v) is 3.65. The van der Waals surface area contributed by atoms with Gasteiger partial charge >= 0.3 is 0 Å². The number of amides is 1. The summed E-state index contributed by atoms with van der Waals surface area (Å²) in [5, 5.41) is 15.1. The highest BCUT2D eigenvalue weighted by atomic mass is 32.2. The first-order valence-electron chi connectivity index (χ1n) is 7.50. The molecule has 2 rings (SSSR count). The fourth-order valence-electron chi connectivity index (χ4n) is 1.86. The number of rotatable bonds is 7. The molecule has 0 aliphatic rings. The van der Waals surface area contributed by atoms with Crippen LogP contribution in [0.2, 0.25) is 0 Å². The first-order valence-corrected chi connectivity index (χ1v) is 9.30. The van der Waals surface area contributed by atoms with Crippen LogP contribution in [0.1, 0.15) is 26.3 Å². The Bertz CT molecular complexity index is 683. The van der Waals surface area contributed by atoms with Crippen LogP contribution >= 0.6 is 23.1 Å². The quantitative estimate of drug-likeness (QED) is 0.733. The summed E-state index contributed by atoms with van der Waals surface area (Å²) in [6.45, 7) is 6.63. The van der Waals surface area contributed by atoms with Crippen LogP contribution < -0.4 is 15.4 Å². The van der Waals surface area contributed by atoms with Gasteiger partial charge in [-0.05, 0) is 26.8 Å². The number of anilines is 1. The summed E-state index contributed by atoms with van der Waals surface area (Å²) in [7, 11) is 1.62. The minimum Gasteiger partial charge on any atom is -0.496 e. The van der Waals surface area contributed by atoms with Gasteiger partial charge in [0.2, 0.25) is 11.0 Å². The molecule has 1 aromatic heterocycles. The van der Waals surface area contributed by atoms with Crippen molar-refractivity contribution in [3.8, 4) is 5.75 Å². The smallest absolute Gasteiger partial charge is 0.230 e. The van der Waals surface area contributed by atoms with Gasteiger partial charge in [-0.15, -0.1) is 10.2 Å². The van der Waals surface area contributed by atoms with Crippen LogP contribution in [0.4, 0.5) is 5.13 Å². The SMILES string of the molecule is COc1ccccc1CNC(=O)CSc1nnc(NC(C)(C)C)s1. The minimum atomic E-state index is -0.0619. The lowest BCUT2D eigenvalue weighted by atomic mass is 10.1. The Balaban J connectivity index is 1.79. The summed E-state index contributed by atoms with van der Waals surface area (Å²) in [5.74, 6) is 1.03. The van der Waals surface area contributed by atoms with Gasteiger partial charge in [0.15, 0.2) is 4.34 Å². The van der Waals surface area contributed by atoms with Gasteiger partial charge in [0.25, 0.3) is 0 Å². The monoisotopic (exact) mass is 366 g/mol. The molecular formula is C16H22N4O2S2. The summed E-state index contributed by atoms with van der Waals surface area (Å²) < 4.78 is 6.04. The van der Waals surface area contributed by atoms with E-state index in [0.29, 0.717) is 12.3 Å². The van der Waals surface area contributed by atoms with Crippen LogP contribution in [0.3, 0.4) is 0 Å². The Hall–Kier alpha value is -1.80. The van der Waals surface area contributed by atoms with E-state index in [0.717, 1.165) is 20.8 Å². The van der Waals surface area contributed by atoms with E-state index in [1.165, 1.54) is 23.1 Å². The number of para-hydroxylation sites is 1. The average molecular weight is 367 g/mol. The van der Waals surface area contributed by atoms with Gasteiger partial charge in [-0.3, -0.25) is 4.79 Å². The standard InChI is InChI=1S/C16H22N4O2S2/c1-16(2,3)18-14-19-20-15(24-14)23-10-13(21)17-9-11-7-5-6-8-12(11)22-4/h5-8H,9-10H2,1-4H3,(H,17,21)(H,18,19). The van der Waals surface area contributed by atoms with E-state index in [1.54, 1.807) is 7.11 Å². The molecule has 0 saturated heterocycles. The first-order chi connectivity index (χ1) is 11.4. The predicted molar refractivity (Wildman–Crippen MR) is 98.8 cm³/mol. The molecule has 6 nitrogen and oxygen atoms in total. The second kappa shape index (κ2) is 8.34. The van der Waals surface area contributed by atoms with Crippen molar-refractivity contribution in [2.45, 2.75) is 37.2 Å². The number of thioether (sulfide) groups is 1. The van der Waals surface area contributed by atoms with Gasteiger partial charge in [-0.2, -0.15) is 0 Å². The Kier molecular flexibility index (Phi) is 6.44. The Morgan fingerprint density at radius 1 is 1.29 bits per heavy atom. The number of aromatic nitrogens is 2. The lowest BCUT2D eigenvalue weighted by Crippen LogP contribution is -2.25. The predicted octanol–water partition coefficient (Wildman–Crippen LogP) is 3.17. The van der Waals surface area contributed by atoms with Crippen LogP contribution in [0.5, 0.6) is 5.75 Å². The molecule has 1 amide bonds. The zero-order chi connectivity index (χ0) is 17.6. The molecule has 0 unspecified atom stereocenters. The van der Waals surface area contributed by atoms with Crippen LogP contribution in [0.15, 0.2) is 28.6 Å². The largest absolute Gasteiger partial charge is 0.496 e. The molecular weight excluding hydrogens is 344 g/mol. The van der Waals surface area contributed by atoms with Gasteiger partial charge in [0.05, 0.1) is 12.9 Å². The molecule has 0 saturated carbocycles. The number of benzene rings is 1. The van der Waals surface area contributed by atoms with E-state index < -0.39 is 0 Å². The number of nitrogens with one attached hydrogen (secondary N) is 2. The number of ether oxygens (including phenoxy) is 1. The number of nitrogens with zero attached hydrogens (tertiary/aromatic N) is 2. The van der Waals surface area contributed by atoms with Crippen molar-refractivity contribution in [1.29, 1.82) is 0 Å². The van der Waals surface area contributed by atoms with E-state index >= 15 is 0 Å². The van der Waals surface area contributed by atoms with Crippen molar-refractivity contribution < 1.29 is 9.53 Å². The van der Waals surface area contributed by atoms with Crippen molar-refractivity contribution in [3.63, 3.8) is 0 Å². The number of hydrogen-bond acceptors (Lipinski definition) is 7. The number of carbonyl (C=O) groups is 1. The molecule has 1 aromatic carbocycles. The minimum absolute atomic E-state index is 0.0496. The molecule has 0 bridgehead atoms. The average Bonchev–Trinajstić information content (AvgIpc) is 2.96. The van der Waals surface area contributed by atoms with Crippen molar-refractivity contribution >= 4 is 34.1 Å². The van der Waals surface area contributed by atoms with Crippen LogP contribution in [-0.4, -0.2) is 34.5 Å². The zero-order valence-corrected chi connectivity index (χ0v) is 15.9. The van der Waals surface area contributed by atoms with Crippen molar-refractivity contribution in [2.24, 2.45) is 0 Å². The Labute approximate surface area is 150 Å². The highest BCUT2D eigenvalue weighted by Gasteiger charge is 2.14. The van der Waals surface area contributed by atoms with E-state index in [-0.39, 0.29) is 11.4 Å². The van der Waals surface area contributed by atoms with Crippen molar-refractivity contribution in [1.82, 2.24) is 15.5 Å². The maximum absolute atomic E-state index is 12.0. The lowest BCUT2D eigenvalue weighted by Gasteiger charge is -2.18. The number of methoxy groups -OCH3 is 1. The third-order valence-corrected chi connectivity index (χ3v) is 4.86. The molecule has 8 heteroatoms. The lowest BCUT2D eigenvalue weighted by molar-refractivity contribution is -0.118. The summed E-state index contributed by atoms with van der Waals surface area (Å²) >= 11 is 2.83. The highest BCUT2D eigenvalue weighted by Crippen LogP contribution is 2.27. The molecule has 2 N–H and O–H groups in total. The molecule has 1 heterocycles. The summed E-state index contributed by atoms with van der Waals surface area (Å²) in [5.41, 5.74) is 0.888.